The van der Waals surface area contributed by atoms with Crippen LogP contribution in [0, 0.1) is 0 Å². The maximum absolute atomic E-state index is 12.2. The molecule has 1 atom stereocenters. The van der Waals surface area contributed by atoms with Gasteiger partial charge in [0.15, 0.2) is 5.76 Å². The third-order valence-electron chi connectivity index (χ3n) is 3.94. The molecule has 3 rings (SSSR count). The Bertz CT molecular complexity index is 973. The van der Waals surface area contributed by atoms with Gasteiger partial charge in [0.2, 0.25) is 0 Å². The fourth-order valence-electron chi connectivity index (χ4n) is 2.48. The van der Waals surface area contributed by atoms with Crippen LogP contribution < -0.4 is 16.0 Å². The molecule has 0 spiro atoms. The molecule has 0 aliphatic heterocycles. The largest absolute Gasteiger partial charge is 0.459 e. The molecule has 1 unspecified atom stereocenters. The second-order valence-electron chi connectivity index (χ2n) is 6.00. The van der Waals surface area contributed by atoms with Gasteiger partial charge in [-0.05, 0) is 55.0 Å². The first kappa shape index (κ1) is 19.8. The van der Waals surface area contributed by atoms with Crippen LogP contribution in [0.25, 0.3) is 0 Å². The number of hydrogen-bond donors (Lipinski definition) is 3. The Morgan fingerprint density at radius 2 is 1.75 bits per heavy atom. The van der Waals surface area contributed by atoms with Gasteiger partial charge in [0, 0.05) is 10.7 Å². The summed E-state index contributed by atoms with van der Waals surface area (Å²) in [6.45, 7) is 1.86. The Morgan fingerprint density at radius 1 is 1.00 bits per heavy atom. The predicted molar refractivity (Wildman–Crippen MR) is 110 cm³/mol. The normalized spacial score (nSPS) is 11.5. The fraction of sp³-hybridized carbons (Fsp3) is 0.100. The highest BCUT2D eigenvalue weighted by molar-refractivity contribution is 6.34. The molecule has 0 saturated carbocycles. The van der Waals surface area contributed by atoms with Crippen molar-refractivity contribution in [2.45, 2.75) is 13.0 Å². The molecule has 2 aromatic carbocycles. The number of furan rings is 1. The lowest BCUT2D eigenvalue weighted by molar-refractivity contribution is 0.0996. The van der Waals surface area contributed by atoms with E-state index in [1.54, 1.807) is 42.5 Å². The Hall–Kier alpha value is -2.96. The lowest BCUT2D eigenvalue weighted by atomic mass is 10.1. The maximum atomic E-state index is 12.2. The second-order valence-corrected chi connectivity index (χ2v) is 6.84. The molecule has 28 heavy (non-hydrogen) atoms. The molecule has 1 heterocycles. The van der Waals surface area contributed by atoms with E-state index in [0.29, 0.717) is 16.4 Å². The zero-order valence-electron chi connectivity index (χ0n) is 14.8. The van der Waals surface area contributed by atoms with Gasteiger partial charge >= 0.3 is 6.03 Å². The van der Waals surface area contributed by atoms with Crippen molar-refractivity contribution in [3.8, 4) is 0 Å². The Labute approximate surface area is 171 Å². The molecule has 6 nitrogen and oxygen atoms in total. The Morgan fingerprint density at radius 3 is 2.39 bits per heavy atom. The van der Waals surface area contributed by atoms with Gasteiger partial charge < -0.3 is 20.4 Å². The standard InChI is InChI=1S/C20H17Cl2N3O3/c1-12(13-4-6-14(21)7-5-13)23-20(27)24-15-8-9-17(16(22)11-15)25-19(26)18-3-2-10-28-18/h2-12H,1H3,(H,25,26)(H2,23,24,27). The molecular weight excluding hydrogens is 401 g/mol. The van der Waals surface area contributed by atoms with Gasteiger partial charge in [-0.15, -0.1) is 0 Å². The average Bonchev–Trinajstić information content (AvgIpc) is 3.19. The van der Waals surface area contributed by atoms with E-state index in [0.717, 1.165) is 5.56 Å². The lowest BCUT2D eigenvalue weighted by Gasteiger charge is -2.15. The highest BCUT2D eigenvalue weighted by atomic mass is 35.5. The number of carbonyl (C=O) groups is 2. The third-order valence-corrected chi connectivity index (χ3v) is 4.50. The van der Waals surface area contributed by atoms with Crippen molar-refractivity contribution in [2.75, 3.05) is 10.6 Å². The van der Waals surface area contributed by atoms with Gasteiger partial charge in [0.25, 0.3) is 5.91 Å². The monoisotopic (exact) mass is 417 g/mol. The van der Waals surface area contributed by atoms with Gasteiger partial charge in [0.1, 0.15) is 0 Å². The lowest BCUT2D eigenvalue weighted by Crippen LogP contribution is -2.31. The van der Waals surface area contributed by atoms with E-state index in [1.807, 2.05) is 19.1 Å². The topological polar surface area (TPSA) is 83.4 Å². The van der Waals surface area contributed by atoms with Crippen LogP contribution in [0.4, 0.5) is 16.2 Å². The van der Waals surface area contributed by atoms with Crippen molar-refractivity contribution in [2.24, 2.45) is 0 Å². The first-order valence-electron chi connectivity index (χ1n) is 8.40. The van der Waals surface area contributed by atoms with E-state index < -0.39 is 5.91 Å². The molecule has 0 radical (unpaired) electrons. The number of halogens is 2. The summed E-state index contributed by atoms with van der Waals surface area (Å²) in [4.78, 5) is 24.2. The van der Waals surface area contributed by atoms with Gasteiger partial charge in [0.05, 0.1) is 23.0 Å². The van der Waals surface area contributed by atoms with Crippen LogP contribution in [-0.4, -0.2) is 11.9 Å². The number of carbonyl (C=O) groups excluding carboxylic acids is 2. The summed E-state index contributed by atoms with van der Waals surface area (Å²) in [6, 6.07) is 14.6. The zero-order valence-corrected chi connectivity index (χ0v) is 16.3. The van der Waals surface area contributed by atoms with Gasteiger partial charge in [-0.2, -0.15) is 0 Å². The maximum Gasteiger partial charge on any atom is 0.319 e. The first-order valence-corrected chi connectivity index (χ1v) is 9.15. The van der Waals surface area contributed by atoms with Crippen LogP contribution in [0.2, 0.25) is 10.0 Å². The summed E-state index contributed by atoms with van der Waals surface area (Å²) in [5, 5.41) is 9.10. The predicted octanol–water partition coefficient (Wildman–Crippen LogP) is 5.72. The van der Waals surface area contributed by atoms with Crippen LogP contribution in [-0.2, 0) is 0 Å². The minimum atomic E-state index is -0.415. The number of rotatable bonds is 5. The molecule has 0 aliphatic carbocycles. The molecular formula is C20H17Cl2N3O3. The molecule has 0 aliphatic rings. The first-order chi connectivity index (χ1) is 13.4. The number of hydrogen-bond acceptors (Lipinski definition) is 3. The van der Waals surface area contributed by atoms with E-state index in [1.165, 1.54) is 6.26 Å². The summed E-state index contributed by atoms with van der Waals surface area (Å²) in [6.07, 6.45) is 1.41. The van der Waals surface area contributed by atoms with E-state index in [9.17, 15) is 9.59 Å². The summed E-state index contributed by atoms with van der Waals surface area (Å²) in [5.41, 5.74) is 1.82. The highest BCUT2D eigenvalue weighted by Gasteiger charge is 2.13. The van der Waals surface area contributed by atoms with E-state index >= 15 is 0 Å². The number of amides is 3. The van der Waals surface area contributed by atoms with Crippen molar-refractivity contribution in [3.05, 3.63) is 82.2 Å². The summed E-state index contributed by atoms with van der Waals surface area (Å²) < 4.78 is 5.04. The van der Waals surface area contributed by atoms with E-state index in [-0.39, 0.29) is 22.9 Å². The van der Waals surface area contributed by atoms with Crippen LogP contribution >= 0.6 is 23.2 Å². The quantitative estimate of drug-likeness (QED) is 0.496. The molecule has 3 N–H and O–H groups in total. The number of anilines is 2. The van der Waals surface area contributed by atoms with Crippen molar-refractivity contribution in [1.29, 1.82) is 0 Å². The van der Waals surface area contributed by atoms with Crippen molar-refractivity contribution < 1.29 is 14.0 Å². The van der Waals surface area contributed by atoms with Crippen LogP contribution in [0.15, 0.2) is 65.3 Å². The Kier molecular flexibility index (Phi) is 6.23. The molecule has 0 fully saturated rings. The molecule has 3 aromatic rings. The van der Waals surface area contributed by atoms with Crippen LogP contribution in [0.5, 0.6) is 0 Å². The molecule has 0 saturated heterocycles. The van der Waals surface area contributed by atoms with Crippen LogP contribution in [0.3, 0.4) is 0 Å². The second kappa shape index (κ2) is 8.82. The van der Waals surface area contributed by atoms with Gasteiger partial charge in [-0.25, -0.2) is 4.79 Å². The molecule has 8 heteroatoms. The van der Waals surface area contributed by atoms with Crippen LogP contribution in [0.1, 0.15) is 29.1 Å². The Balaban J connectivity index is 1.59. The third kappa shape index (κ3) is 5.06. The minimum Gasteiger partial charge on any atom is -0.459 e. The molecule has 144 valence electrons. The average molecular weight is 418 g/mol. The molecule has 3 amide bonds. The highest BCUT2D eigenvalue weighted by Crippen LogP contribution is 2.26. The van der Waals surface area contributed by atoms with Crippen molar-refractivity contribution in [3.63, 3.8) is 0 Å². The molecule has 1 aromatic heterocycles. The van der Waals surface area contributed by atoms with E-state index in [2.05, 4.69) is 16.0 Å². The number of urea groups is 1. The summed E-state index contributed by atoms with van der Waals surface area (Å²) in [7, 11) is 0. The van der Waals surface area contributed by atoms with Crippen molar-refractivity contribution >= 4 is 46.5 Å². The van der Waals surface area contributed by atoms with Gasteiger partial charge in [-0.1, -0.05) is 35.3 Å². The number of nitrogens with one attached hydrogen (secondary N) is 3. The molecule has 0 bridgehead atoms. The zero-order chi connectivity index (χ0) is 20.1. The SMILES string of the molecule is CC(NC(=O)Nc1ccc(NC(=O)c2ccco2)c(Cl)c1)c1ccc(Cl)cc1. The van der Waals surface area contributed by atoms with Gasteiger partial charge in [-0.3, -0.25) is 4.79 Å². The fourth-order valence-corrected chi connectivity index (χ4v) is 2.84. The summed E-state index contributed by atoms with van der Waals surface area (Å²) >= 11 is 12.1. The minimum absolute atomic E-state index is 0.175. The summed E-state index contributed by atoms with van der Waals surface area (Å²) in [5.74, 6) is -0.240. The number of benzene rings is 2. The van der Waals surface area contributed by atoms with Crippen molar-refractivity contribution in [1.82, 2.24) is 5.32 Å². The smallest absolute Gasteiger partial charge is 0.319 e. The van der Waals surface area contributed by atoms with E-state index in [4.69, 9.17) is 27.6 Å².